The van der Waals surface area contributed by atoms with Gasteiger partial charge in [0.2, 0.25) is 5.91 Å². The molecule has 0 aliphatic heterocycles. The lowest BCUT2D eigenvalue weighted by molar-refractivity contribution is -0.140. The molecule has 1 aromatic rings. The van der Waals surface area contributed by atoms with Gasteiger partial charge in [-0.1, -0.05) is 44.2 Å². The maximum absolute atomic E-state index is 12.1. The van der Waals surface area contributed by atoms with E-state index in [1.165, 1.54) is 0 Å². The lowest BCUT2D eigenvalue weighted by atomic mass is 10.1. The van der Waals surface area contributed by atoms with E-state index >= 15 is 0 Å². The first kappa shape index (κ1) is 13.6. The van der Waals surface area contributed by atoms with Gasteiger partial charge in [0.15, 0.2) is 0 Å². The molecule has 0 heterocycles. The van der Waals surface area contributed by atoms with Crippen molar-refractivity contribution in [1.82, 2.24) is 5.32 Å². The molecule has 0 spiro atoms. The summed E-state index contributed by atoms with van der Waals surface area (Å²) in [4.78, 5) is 23.2. The minimum Gasteiger partial charge on any atom is -0.481 e. The molecular weight excluding hydrogens is 242 g/mol. The molecule has 3 atom stereocenters. The van der Waals surface area contributed by atoms with Crippen LogP contribution in [-0.2, 0) is 9.59 Å². The van der Waals surface area contributed by atoms with Crippen LogP contribution in [0.3, 0.4) is 0 Å². The molecule has 1 aliphatic carbocycles. The van der Waals surface area contributed by atoms with Crippen molar-refractivity contribution >= 4 is 11.9 Å². The van der Waals surface area contributed by atoms with Crippen LogP contribution >= 0.6 is 0 Å². The van der Waals surface area contributed by atoms with Crippen molar-refractivity contribution in [3.8, 4) is 0 Å². The van der Waals surface area contributed by atoms with E-state index in [0.717, 1.165) is 5.56 Å². The van der Waals surface area contributed by atoms with E-state index in [1.807, 2.05) is 51.1 Å². The summed E-state index contributed by atoms with van der Waals surface area (Å²) >= 11 is 0. The monoisotopic (exact) mass is 261 g/mol. The number of carboxylic acids is 1. The van der Waals surface area contributed by atoms with Gasteiger partial charge in [0, 0.05) is 0 Å². The van der Waals surface area contributed by atoms with Gasteiger partial charge in [0.25, 0.3) is 0 Å². The fraction of sp³-hybridized carbons (Fsp3) is 0.467. The summed E-state index contributed by atoms with van der Waals surface area (Å²) in [6.45, 7) is 5.55. The Morgan fingerprint density at radius 3 is 2.26 bits per heavy atom. The van der Waals surface area contributed by atoms with E-state index < -0.39 is 23.2 Å². The summed E-state index contributed by atoms with van der Waals surface area (Å²) in [7, 11) is 0. The van der Waals surface area contributed by atoms with Crippen LogP contribution in [0.15, 0.2) is 30.3 Å². The van der Waals surface area contributed by atoms with E-state index in [4.69, 9.17) is 5.11 Å². The van der Waals surface area contributed by atoms with Gasteiger partial charge in [0.05, 0.1) is 17.9 Å². The van der Waals surface area contributed by atoms with E-state index in [1.54, 1.807) is 0 Å². The van der Waals surface area contributed by atoms with Gasteiger partial charge in [0.1, 0.15) is 0 Å². The summed E-state index contributed by atoms with van der Waals surface area (Å²) in [6, 6.07) is 9.52. The molecule has 4 heteroatoms. The number of aliphatic carboxylic acids is 1. The molecular formula is C15H19NO3. The summed E-state index contributed by atoms with van der Waals surface area (Å²) in [5.74, 6) is -2.07. The van der Waals surface area contributed by atoms with Crippen molar-refractivity contribution in [2.75, 3.05) is 0 Å². The van der Waals surface area contributed by atoms with Gasteiger partial charge < -0.3 is 10.4 Å². The molecule has 0 aromatic heterocycles. The number of rotatable bonds is 4. The van der Waals surface area contributed by atoms with E-state index in [-0.39, 0.29) is 11.9 Å². The van der Waals surface area contributed by atoms with E-state index in [2.05, 4.69) is 5.32 Å². The predicted molar refractivity (Wildman–Crippen MR) is 71.4 cm³/mol. The summed E-state index contributed by atoms with van der Waals surface area (Å²) in [5, 5.41) is 12.0. The third kappa shape index (κ3) is 2.48. The first-order valence-electron chi connectivity index (χ1n) is 6.44. The molecule has 0 radical (unpaired) electrons. The molecule has 2 N–H and O–H groups in total. The van der Waals surface area contributed by atoms with Crippen LogP contribution in [0.5, 0.6) is 0 Å². The zero-order valence-electron chi connectivity index (χ0n) is 11.4. The van der Waals surface area contributed by atoms with Gasteiger partial charge >= 0.3 is 5.97 Å². The second-order valence-electron chi connectivity index (χ2n) is 5.76. The van der Waals surface area contributed by atoms with Crippen molar-refractivity contribution in [2.45, 2.75) is 26.8 Å². The molecule has 19 heavy (non-hydrogen) atoms. The Morgan fingerprint density at radius 1 is 1.21 bits per heavy atom. The summed E-state index contributed by atoms with van der Waals surface area (Å²) in [6.07, 6.45) is 0. The topological polar surface area (TPSA) is 66.4 Å². The fourth-order valence-electron chi connectivity index (χ4n) is 2.72. The third-order valence-electron chi connectivity index (χ3n) is 4.03. The van der Waals surface area contributed by atoms with Crippen molar-refractivity contribution < 1.29 is 14.7 Å². The van der Waals surface area contributed by atoms with E-state index in [0.29, 0.717) is 0 Å². The molecule has 1 aliphatic rings. The molecule has 1 amide bonds. The first-order valence-corrected chi connectivity index (χ1v) is 6.44. The highest BCUT2D eigenvalue weighted by Gasteiger charge is 2.65. The smallest absolute Gasteiger partial charge is 0.307 e. The minimum atomic E-state index is -0.891. The number of carbonyl (C=O) groups excluding carboxylic acids is 1. The average molecular weight is 261 g/mol. The molecule has 2 rings (SSSR count). The Labute approximate surface area is 112 Å². The summed E-state index contributed by atoms with van der Waals surface area (Å²) < 4.78 is 0. The van der Waals surface area contributed by atoms with Crippen LogP contribution in [0.4, 0.5) is 0 Å². The number of hydrogen-bond acceptors (Lipinski definition) is 2. The number of carbonyl (C=O) groups is 2. The van der Waals surface area contributed by atoms with Crippen molar-refractivity contribution in [2.24, 2.45) is 17.3 Å². The van der Waals surface area contributed by atoms with Crippen LogP contribution < -0.4 is 5.32 Å². The summed E-state index contributed by atoms with van der Waals surface area (Å²) in [5.41, 5.74) is 0.563. The zero-order chi connectivity index (χ0) is 14.2. The third-order valence-corrected chi connectivity index (χ3v) is 4.03. The zero-order valence-corrected chi connectivity index (χ0v) is 11.4. The SMILES string of the molecule is C[C@H](NC(=O)C1C(C(=O)O)C1(C)C)c1ccccc1. The normalized spacial score (nSPS) is 25.4. The van der Waals surface area contributed by atoms with Crippen LogP contribution in [-0.4, -0.2) is 17.0 Å². The second kappa shape index (κ2) is 4.68. The number of amides is 1. The molecule has 0 bridgehead atoms. The lowest BCUT2D eigenvalue weighted by Gasteiger charge is -2.14. The molecule has 1 aromatic carbocycles. The Bertz CT molecular complexity index is 495. The minimum absolute atomic E-state index is 0.112. The molecule has 0 saturated heterocycles. The average Bonchev–Trinajstić information content (AvgIpc) is 2.93. The standard InChI is InChI=1S/C15H19NO3/c1-9(10-7-5-4-6-8-10)16-13(17)11-12(14(18)19)15(11,2)3/h4-9,11-12H,1-3H3,(H,16,17)(H,18,19)/t9-,11?,12?/m0/s1. The van der Waals surface area contributed by atoms with Gasteiger partial charge in [-0.2, -0.15) is 0 Å². The quantitative estimate of drug-likeness (QED) is 0.873. The molecule has 1 fully saturated rings. The van der Waals surface area contributed by atoms with Gasteiger partial charge in [-0.25, -0.2) is 0 Å². The molecule has 102 valence electrons. The van der Waals surface area contributed by atoms with E-state index in [9.17, 15) is 9.59 Å². The number of nitrogens with one attached hydrogen (secondary N) is 1. The van der Waals surface area contributed by atoms with Crippen LogP contribution in [0, 0.1) is 17.3 Å². The number of carboxylic acid groups (broad SMARTS) is 1. The number of hydrogen-bond donors (Lipinski definition) is 2. The van der Waals surface area contributed by atoms with Crippen LogP contribution in [0.25, 0.3) is 0 Å². The van der Waals surface area contributed by atoms with Crippen molar-refractivity contribution in [1.29, 1.82) is 0 Å². The molecule has 1 saturated carbocycles. The largest absolute Gasteiger partial charge is 0.481 e. The van der Waals surface area contributed by atoms with Crippen molar-refractivity contribution in [3.63, 3.8) is 0 Å². The highest BCUT2D eigenvalue weighted by molar-refractivity contribution is 5.91. The van der Waals surface area contributed by atoms with Gasteiger partial charge in [-0.05, 0) is 17.9 Å². The highest BCUT2D eigenvalue weighted by atomic mass is 16.4. The second-order valence-corrected chi connectivity index (χ2v) is 5.76. The Kier molecular flexibility index (Phi) is 3.35. The van der Waals surface area contributed by atoms with Crippen LogP contribution in [0.2, 0.25) is 0 Å². The maximum atomic E-state index is 12.1. The van der Waals surface area contributed by atoms with Gasteiger partial charge in [-0.3, -0.25) is 9.59 Å². The highest BCUT2D eigenvalue weighted by Crippen LogP contribution is 2.58. The Balaban J connectivity index is 2.02. The Morgan fingerprint density at radius 2 is 1.79 bits per heavy atom. The fourth-order valence-corrected chi connectivity index (χ4v) is 2.72. The van der Waals surface area contributed by atoms with Gasteiger partial charge in [-0.15, -0.1) is 0 Å². The Hall–Kier alpha value is -1.84. The predicted octanol–water partition coefficient (Wildman–Crippen LogP) is 2.22. The molecule has 2 unspecified atom stereocenters. The van der Waals surface area contributed by atoms with Crippen LogP contribution in [0.1, 0.15) is 32.4 Å². The number of benzene rings is 1. The van der Waals surface area contributed by atoms with Crippen molar-refractivity contribution in [3.05, 3.63) is 35.9 Å². The molecule has 4 nitrogen and oxygen atoms in total. The maximum Gasteiger partial charge on any atom is 0.307 e. The lowest BCUT2D eigenvalue weighted by Crippen LogP contribution is -2.29. The first-order chi connectivity index (χ1) is 8.85.